The van der Waals surface area contributed by atoms with Crippen molar-refractivity contribution in [2.45, 2.75) is 37.6 Å². The van der Waals surface area contributed by atoms with Crippen molar-refractivity contribution >= 4 is 0 Å². The van der Waals surface area contributed by atoms with Crippen LogP contribution in [0.5, 0.6) is 0 Å². The fraction of sp³-hybridized carbons (Fsp3) is 1.00. The monoisotopic (exact) mass is 262 g/mol. The van der Waals surface area contributed by atoms with Gasteiger partial charge in [0.2, 0.25) is 0 Å². The molecule has 6 saturated carbocycles. The third-order valence-corrected chi connectivity index (χ3v) is 8.51. The molecule has 3 heteroatoms. The van der Waals surface area contributed by atoms with Gasteiger partial charge in [0.25, 0.3) is 0 Å². The molecule has 0 amide bonds. The Morgan fingerprint density at radius 2 is 0.842 bits per heavy atom. The van der Waals surface area contributed by atoms with Gasteiger partial charge in [0, 0.05) is 0 Å². The molecule has 0 heterocycles. The molecular weight excluding hydrogens is 240 g/mol. The molecule has 6 aliphatic rings. The van der Waals surface area contributed by atoms with Gasteiger partial charge in [-0.3, -0.25) is 0 Å². The Labute approximate surface area is 113 Å². The van der Waals surface area contributed by atoms with Crippen LogP contribution in [0.4, 0.5) is 0 Å². The van der Waals surface area contributed by atoms with Crippen molar-refractivity contribution in [2.24, 2.45) is 59.2 Å². The van der Waals surface area contributed by atoms with E-state index >= 15 is 0 Å². The van der Waals surface area contributed by atoms with E-state index in [1.807, 2.05) is 0 Å². The first-order valence-electron chi connectivity index (χ1n) is 8.22. The van der Waals surface area contributed by atoms with Crippen molar-refractivity contribution in [1.29, 1.82) is 0 Å². The average molecular weight is 262 g/mol. The average Bonchev–Trinajstić information content (AvgIpc) is 3.05. The molecule has 0 spiro atoms. The maximum absolute atomic E-state index is 10.5. The third kappa shape index (κ3) is 0.873. The van der Waals surface area contributed by atoms with Crippen molar-refractivity contribution in [2.75, 3.05) is 0 Å². The maximum Gasteiger partial charge on any atom is 0.0577 e. The predicted octanol–water partition coefficient (Wildman–Crippen LogP) is 0.483. The zero-order valence-electron chi connectivity index (χ0n) is 11.0. The Balaban J connectivity index is 1.58. The second-order valence-corrected chi connectivity index (χ2v) is 8.44. The summed E-state index contributed by atoms with van der Waals surface area (Å²) in [5.41, 5.74) is 0. The molecule has 19 heavy (non-hydrogen) atoms. The molecule has 0 saturated heterocycles. The largest absolute Gasteiger partial charge is 0.393 e. The number of hydrogen-bond acceptors (Lipinski definition) is 3. The van der Waals surface area contributed by atoms with Crippen molar-refractivity contribution in [3.8, 4) is 0 Å². The zero-order valence-corrected chi connectivity index (χ0v) is 11.0. The van der Waals surface area contributed by atoms with E-state index in [0.717, 1.165) is 31.1 Å². The van der Waals surface area contributed by atoms with Crippen molar-refractivity contribution in [3.05, 3.63) is 0 Å². The number of aliphatic hydroxyl groups is 3. The lowest BCUT2D eigenvalue weighted by Crippen LogP contribution is -2.30. The minimum atomic E-state index is -0.203. The summed E-state index contributed by atoms with van der Waals surface area (Å²) in [6.07, 6.45) is 2.34. The van der Waals surface area contributed by atoms with Gasteiger partial charge < -0.3 is 15.3 Å². The Hall–Kier alpha value is -0.120. The van der Waals surface area contributed by atoms with Crippen LogP contribution in [0.15, 0.2) is 0 Å². The molecule has 0 bridgehead atoms. The topological polar surface area (TPSA) is 60.7 Å². The molecule has 3 nitrogen and oxygen atoms in total. The van der Waals surface area contributed by atoms with Gasteiger partial charge in [-0.25, -0.2) is 0 Å². The van der Waals surface area contributed by atoms with Gasteiger partial charge in [0.05, 0.1) is 18.3 Å². The number of rotatable bonds is 0. The Morgan fingerprint density at radius 3 is 1.47 bits per heavy atom. The number of hydrogen-bond donors (Lipinski definition) is 3. The van der Waals surface area contributed by atoms with Gasteiger partial charge in [-0.2, -0.15) is 0 Å². The van der Waals surface area contributed by atoms with Gasteiger partial charge in [-0.05, 0) is 78.4 Å². The lowest BCUT2D eigenvalue weighted by Gasteiger charge is -2.25. The highest BCUT2D eigenvalue weighted by Crippen LogP contribution is 2.79. The quantitative estimate of drug-likeness (QED) is 0.595. The smallest absolute Gasteiger partial charge is 0.0577 e. The second kappa shape index (κ2) is 2.90. The molecule has 104 valence electrons. The first-order valence-corrected chi connectivity index (χ1v) is 8.22. The Morgan fingerprint density at radius 1 is 0.421 bits per heavy atom. The molecule has 0 radical (unpaired) electrons. The van der Waals surface area contributed by atoms with E-state index in [0.29, 0.717) is 47.3 Å². The molecule has 3 N–H and O–H groups in total. The summed E-state index contributed by atoms with van der Waals surface area (Å²) < 4.78 is 0. The van der Waals surface area contributed by atoms with E-state index in [-0.39, 0.29) is 18.3 Å². The summed E-state index contributed by atoms with van der Waals surface area (Å²) >= 11 is 0. The van der Waals surface area contributed by atoms with E-state index in [2.05, 4.69) is 0 Å². The van der Waals surface area contributed by atoms with Gasteiger partial charge in [-0.1, -0.05) is 0 Å². The fourth-order valence-electron chi connectivity index (χ4n) is 8.73. The molecule has 6 rings (SSSR count). The van der Waals surface area contributed by atoms with Crippen LogP contribution in [-0.4, -0.2) is 33.6 Å². The summed E-state index contributed by atoms with van der Waals surface area (Å²) in [4.78, 5) is 0. The van der Waals surface area contributed by atoms with E-state index in [4.69, 9.17) is 0 Å². The standard InChI is InChI=1S/C16H22O3/c17-7-1-4-5-2-8(18)14-12(5)16-11(4)10(7)6-3-9(19)15(14)13(6)16/h4-19H,1-3H2/t4-,5+,6-,7+,8-,9-,10+,11-,12+,13-,14+,15+,16+/m0/s1. The number of aliphatic hydroxyl groups excluding tert-OH is 3. The molecule has 13 atom stereocenters. The summed E-state index contributed by atoms with van der Waals surface area (Å²) in [5.74, 6) is 5.97. The van der Waals surface area contributed by atoms with E-state index < -0.39 is 0 Å². The van der Waals surface area contributed by atoms with Crippen molar-refractivity contribution in [3.63, 3.8) is 0 Å². The van der Waals surface area contributed by atoms with Crippen LogP contribution < -0.4 is 0 Å². The first-order chi connectivity index (χ1) is 9.18. The first kappa shape index (κ1) is 10.6. The molecule has 0 aromatic heterocycles. The van der Waals surface area contributed by atoms with E-state index in [9.17, 15) is 15.3 Å². The summed E-state index contributed by atoms with van der Waals surface area (Å²) in [6, 6.07) is 0. The molecular formula is C16H22O3. The fourth-order valence-corrected chi connectivity index (χ4v) is 8.73. The minimum Gasteiger partial charge on any atom is -0.393 e. The maximum atomic E-state index is 10.5. The highest BCUT2D eigenvalue weighted by molar-refractivity contribution is 5.26. The molecule has 6 fully saturated rings. The lowest BCUT2D eigenvalue weighted by atomic mass is 9.83. The summed E-state index contributed by atoms with van der Waals surface area (Å²) in [6.45, 7) is 0. The molecule has 0 aliphatic heterocycles. The van der Waals surface area contributed by atoms with Crippen LogP contribution in [0.2, 0.25) is 0 Å². The van der Waals surface area contributed by atoms with Crippen LogP contribution in [0.1, 0.15) is 19.3 Å². The lowest BCUT2D eigenvalue weighted by molar-refractivity contribution is 0.0366. The van der Waals surface area contributed by atoms with Crippen molar-refractivity contribution in [1.82, 2.24) is 0 Å². The van der Waals surface area contributed by atoms with Gasteiger partial charge in [-0.15, -0.1) is 0 Å². The predicted molar refractivity (Wildman–Crippen MR) is 66.8 cm³/mol. The highest BCUT2D eigenvalue weighted by atomic mass is 16.3. The summed E-state index contributed by atoms with van der Waals surface area (Å²) in [7, 11) is 0. The zero-order chi connectivity index (χ0) is 12.6. The van der Waals surface area contributed by atoms with Gasteiger partial charge in [0.15, 0.2) is 0 Å². The molecule has 0 unspecified atom stereocenters. The minimum absolute atomic E-state index is 0.117. The van der Waals surface area contributed by atoms with Crippen LogP contribution in [0, 0.1) is 59.2 Å². The highest BCUT2D eigenvalue weighted by Gasteiger charge is 2.78. The normalized spacial score (nSPS) is 78.2. The van der Waals surface area contributed by atoms with Crippen LogP contribution in [0.3, 0.4) is 0 Å². The Bertz CT molecular complexity index is 465. The summed E-state index contributed by atoms with van der Waals surface area (Å²) in [5, 5.41) is 31.5. The van der Waals surface area contributed by atoms with E-state index in [1.165, 1.54) is 0 Å². The van der Waals surface area contributed by atoms with Gasteiger partial charge >= 0.3 is 0 Å². The Kier molecular flexibility index (Phi) is 1.62. The van der Waals surface area contributed by atoms with E-state index in [1.54, 1.807) is 0 Å². The number of fused-ring (bicyclic) bond motifs is 3. The molecule has 0 aromatic rings. The third-order valence-electron chi connectivity index (χ3n) is 8.51. The molecule has 6 aliphatic carbocycles. The van der Waals surface area contributed by atoms with Crippen LogP contribution >= 0.6 is 0 Å². The van der Waals surface area contributed by atoms with Crippen molar-refractivity contribution < 1.29 is 15.3 Å². The second-order valence-electron chi connectivity index (χ2n) is 8.44. The van der Waals surface area contributed by atoms with Gasteiger partial charge in [0.1, 0.15) is 0 Å². The van der Waals surface area contributed by atoms with Crippen LogP contribution in [0.25, 0.3) is 0 Å². The SMILES string of the molecule is O[C@@H]1C[C@H]2[C@H]3C[C@H](O)[C@@H]4[C@@H]3[C@@H]3[C@H]5[C@@H](C[C@H](O)[C@H]54)[C@H]1[C@H]23. The molecule has 0 aromatic carbocycles. The van der Waals surface area contributed by atoms with Crippen LogP contribution in [-0.2, 0) is 0 Å².